The number of ether oxygens (including phenoxy) is 2. The smallest absolute Gasteiger partial charge is 0.314 e. The SMILES string of the molecule is [2H][C@@]1(O)[C@H](C)[C@@H]2CC[C@@H]([C@]34CCCC(C)(C)[C@H]3C(=O)OC4)[C@@]1(C(=O)OC)C2. The van der Waals surface area contributed by atoms with Crippen LogP contribution in [0.2, 0.25) is 0 Å². The Balaban J connectivity index is 1.89. The maximum Gasteiger partial charge on any atom is 0.314 e. The van der Waals surface area contributed by atoms with Gasteiger partial charge < -0.3 is 14.6 Å². The van der Waals surface area contributed by atoms with Gasteiger partial charge in [0.1, 0.15) is 0 Å². The number of cyclic esters (lactones) is 1. The minimum absolute atomic E-state index is 0.132. The van der Waals surface area contributed by atoms with Crippen molar-refractivity contribution in [2.45, 2.75) is 65.4 Å². The molecule has 4 fully saturated rings. The Hall–Kier alpha value is -1.10. The second-order valence-corrected chi connectivity index (χ2v) is 9.85. The number of rotatable bonds is 2. The molecule has 0 amide bonds. The summed E-state index contributed by atoms with van der Waals surface area (Å²) in [6, 6.07) is 0. The van der Waals surface area contributed by atoms with Crippen LogP contribution in [0.4, 0.5) is 0 Å². The molecule has 146 valence electrons. The topological polar surface area (TPSA) is 72.8 Å². The van der Waals surface area contributed by atoms with Gasteiger partial charge in [0.25, 0.3) is 0 Å². The number of carbonyl (C=O) groups is 2. The Morgan fingerprint density at radius 2 is 2.08 bits per heavy atom. The van der Waals surface area contributed by atoms with Crippen LogP contribution in [0.3, 0.4) is 0 Å². The van der Waals surface area contributed by atoms with Gasteiger partial charge in [-0.15, -0.1) is 0 Å². The maximum atomic E-state index is 13.2. The minimum atomic E-state index is -1.89. The van der Waals surface area contributed by atoms with E-state index < -0.39 is 22.9 Å². The number of fused-ring (bicyclic) bond motifs is 3. The standard InChI is InChI=1S/C21H32O5/c1-12-13-6-7-14(21(10-13,16(12)22)18(24)25-4)20-9-5-8-19(2,3)15(20)17(23)26-11-20/h12-16,22H,5-11H2,1-4H3/t12-,13-,14+,15-,16-,20-,21+/m1/s1/i16D. The van der Waals surface area contributed by atoms with Crippen LogP contribution in [-0.2, 0) is 19.1 Å². The van der Waals surface area contributed by atoms with Crippen LogP contribution in [0.5, 0.6) is 0 Å². The molecule has 1 aliphatic heterocycles. The van der Waals surface area contributed by atoms with E-state index in [0.717, 1.165) is 32.1 Å². The lowest BCUT2D eigenvalue weighted by atomic mass is 9.46. The molecule has 0 spiro atoms. The number of carbonyl (C=O) groups excluding carboxylic acids is 2. The average molecular weight is 365 g/mol. The van der Waals surface area contributed by atoms with E-state index in [-0.39, 0.29) is 35.1 Å². The minimum Gasteiger partial charge on any atom is -0.469 e. The van der Waals surface area contributed by atoms with Gasteiger partial charge in [-0.3, -0.25) is 9.59 Å². The molecule has 0 radical (unpaired) electrons. The van der Waals surface area contributed by atoms with Crippen molar-refractivity contribution >= 4 is 11.9 Å². The van der Waals surface area contributed by atoms with E-state index >= 15 is 0 Å². The van der Waals surface area contributed by atoms with Crippen LogP contribution in [-0.4, -0.2) is 36.8 Å². The molecule has 1 N–H and O–H groups in total. The summed E-state index contributed by atoms with van der Waals surface area (Å²) in [5, 5.41) is 11.3. The van der Waals surface area contributed by atoms with Gasteiger partial charge in [0.05, 0.1) is 32.5 Å². The molecule has 4 aliphatic rings. The number of hydrogen-bond donors (Lipinski definition) is 1. The summed E-state index contributed by atoms with van der Waals surface area (Å²) >= 11 is 0. The highest BCUT2D eigenvalue weighted by atomic mass is 16.5. The highest BCUT2D eigenvalue weighted by Gasteiger charge is 2.72. The summed E-state index contributed by atoms with van der Waals surface area (Å²) in [5.74, 6) is -1.42. The van der Waals surface area contributed by atoms with Crippen LogP contribution in [0.25, 0.3) is 0 Å². The Morgan fingerprint density at radius 3 is 2.77 bits per heavy atom. The number of methoxy groups -OCH3 is 1. The third kappa shape index (κ3) is 2.07. The van der Waals surface area contributed by atoms with Crippen molar-refractivity contribution in [2.75, 3.05) is 13.7 Å². The zero-order valence-electron chi connectivity index (χ0n) is 17.3. The summed E-state index contributed by atoms with van der Waals surface area (Å²) in [7, 11) is 1.34. The zero-order valence-corrected chi connectivity index (χ0v) is 16.3. The van der Waals surface area contributed by atoms with Crippen molar-refractivity contribution in [3.63, 3.8) is 0 Å². The second kappa shape index (κ2) is 5.70. The fourth-order valence-corrected chi connectivity index (χ4v) is 7.33. The van der Waals surface area contributed by atoms with Crippen LogP contribution in [0.15, 0.2) is 0 Å². The zero-order chi connectivity index (χ0) is 19.8. The lowest BCUT2D eigenvalue weighted by Gasteiger charge is -2.55. The third-order valence-electron chi connectivity index (χ3n) is 8.38. The van der Waals surface area contributed by atoms with Crippen LogP contribution < -0.4 is 0 Å². The summed E-state index contributed by atoms with van der Waals surface area (Å²) in [6.07, 6.45) is 2.88. The number of hydrogen-bond acceptors (Lipinski definition) is 5. The predicted molar refractivity (Wildman–Crippen MR) is 95.0 cm³/mol. The van der Waals surface area contributed by atoms with E-state index in [9.17, 15) is 14.7 Å². The Bertz CT molecular complexity index is 673. The lowest BCUT2D eigenvalue weighted by Crippen LogP contribution is -2.58. The summed E-state index contributed by atoms with van der Waals surface area (Å²) < 4.78 is 19.7. The fourth-order valence-electron chi connectivity index (χ4n) is 7.33. The van der Waals surface area contributed by atoms with E-state index in [1.54, 1.807) is 0 Å². The number of aliphatic hydroxyl groups is 1. The van der Waals surface area contributed by atoms with Crippen molar-refractivity contribution in [3.05, 3.63) is 0 Å². The van der Waals surface area contributed by atoms with Gasteiger partial charge in [0, 0.05) is 5.41 Å². The molecular formula is C21H32O5. The molecular weight excluding hydrogens is 332 g/mol. The summed E-state index contributed by atoms with van der Waals surface area (Å²) in [4.78, 5) is 26.0. The highest BCUT2D eigenvalue weighted by molar-refractivity contribution is 5.81. The molecule has 0 unspecified atom stereocenters. The van der Waals surface area contributed by atoms with Crippen molar-refractivity contribution in [2.24, 2.45) is 39.9 Å². The normalized spacial score (nSPS) is 52.8. The Kier molecular flexibility index (Phi) is 3.73. The summed E-state index contributed by atoms with van der Waals surface area (Å²) in [6.45, 7) is 6.39. The van der Waals surface area contributed by atoms with Crippen molar-refractivity contribution in [3.8, 4) is 0 Å². The quantitative estimate of drug-likeness (QED) is 0.762. The van der Waals surface area contributed by atoms with Gasteiger partial charge in [0.2, 0.25) is 0 Å². The second-order valence-electron chi connectivity index (χ2n) is 9.85. The molecule has 0 aromatic rings. The average Bonchev–Trinajstić information content (AvgIpc) is 3.04. The van der Waals surface area contributed by atoms with E-state index in [1.165, 1.54) is 7.11 Å². The van der Waals surface area contributed by atoms with Gasteiger partial charge in [-0.05, 0) is 55.3 Å². The van der Waals surface area contributed by atoms with Gasteiger partial charge in [-0.1, -0.05) is 27.2 Å². The van der Waals surface area contributed by atoms with E-state index in [2.05, 4.69) is 13.8 Å². The molecule has 7 atom stereocenters. The van der Waals surface area contributed by atoms with E-state index in [1.807, 2.05) is 6.92 Å². The van der Waals surface area contributed by atoms with Crippen LogP contribution >= 0.6 is 0 Å². The monoisotopic (exact) mass is 365 g/mol. The maximum absolute atomic E-state index is 13.2. The Morgan fingerprint density at radius 1 is 1.35 bits per heavy atom. The first-order valence-corrected chi connectivity index (χ1v) is 10.0. The van der Waals surface area contributed by atoms with Crippen LogP contribution in [0, 0.1) is 39.9 Å². The van der Waals surface area contributed by atoms with Gasteiger partial charge in [-0.2, -0.15) is 0 Å². The van der Waals surface area contributed by atoms with Gasteiger partial charge in [-0.25, -0.2) is 0 Å². The lowest BCUT2D eigenvalue weighted by molar-refractivity contribution is -0.181. The number of esters is 2. The van der Waals surface area contributed by atoms with Gasteiger partial charge in [0.15, 0.2) is 0 Å². The predicted octanol–water partition coefficient (Wildman–Crippen LogP) is 2.94. The molecule has 5 heteroatoms. The van der Waals surface area contributed by atoms with Crippen molar-refractivity contribution in [1.82, 2.24) is 0 Å². The molecule has 1 heterocycles. The molecule has 3 saturated carbocycles. The van der Waals surface area contributed by atoms with Gasteiger partial charge >= 0.3 is 11.9 Å². The Labute approximate surface area is 157 Å². The molecule has 3 aliphatic carbocycles. The van der Waals surface area contributed by atoms with E-state index in [0.29, 0.717) is 13.0 Å². The van der Waals surface area contributed by atoms with Crippen molar-refractivity contribution < 1.29 is 25.5 Å². The molecule has 26 heavy (non-hydrogen) atoms. The molecule has 4 rings (SSSR count). The van der Waals surface area contributed by atoms with Crippen molar-refractivity contribution in [1.29, 1.82) is 0 Å². The van der Waals surface area contributed by atoms with E-state index in [4.69, 9.17) is 10.8 Å². The first-order chi connectivity index (χ1) is 12.5. The largest absolute Gasteiger partial charge is 0.469 e. The first-order valence-electron chi connectivity index (χ1n) is 10.5. The summed E-state index contributed by atoms with van der Waals surface area (Å²) in [5.41, 5.74) is -2.01. The third-order valence-corrected chi connectivity index (χ3v) is 8.38. The molecule has 2 bridgehead atoms. The molecule has 5 nitrogen and oxygen atoms in total. The molecule has 1 saturated heterocycles. The first kappa shape index (κ1) is 17.0. The molecule has 0 aromatic heterocycles. The fraction of sp³-hybridized carbons (Fsp3) is 0.905. The molecule has 0 aromatic carbocycles. The van der Waals surface area contributed by atoms with Crippen LogP contribution in [0.1, 0.15) is 60.7 Å². The highest BCUT2D eigenvalue weighted by Crippen LogP contribution is 2.68.